The van der Waals surface area contributed by atoms with Crippen LogP contribution in [0.5, 0.6) is 28.7 Å². The summed E-state index contributed by atoms with van der Waals surface area (Å²) in [6.45, 7) is 2.44. The number of carbonyl (C=O) groups excluding carboxylic acids is 3. The van der Waals surface area contributed by atoms with Gasteiger partial charge in [0.2, 0.25) is 0 Å². The van der Waals surface area contributed by atoms with Gasteiger partial charge in [-0.25, -0.2) is 0 Å². The van der Waals surface area contributed by atoms with Crippen molar-refractivity contribution in [2.75, 3.05) is 26.4 Å². The molecule has 7 rings (SSSR count). The van der Waals surface area contributed by atoms with E-state index in [1.54, 1.807) is 40.5 Å². The van der Waals surface area contributed by atoms with Crippen molar-refractivity contribution in [2.24, 2.45) is 0 Å². The van der Waals surface area contributed by atoms with E-state index in [-0.39, 0.29) is 29.6 Å². The maximum atomic E-state index is 12.9. The number of ether oxygens (including phenoxy) is 4. The molecule has 0 bridgehead atoms. The van der Waals surface area contributed by atoms with Gasteiger partial charge >= 0.3 is 0 Å². The lowest BCUT2D eigenvalue weighted by Crippen LogP contribution is -2.44. The van der Waals surface area contributed by atoms with E-state index in [4.69, 9.17) is 18.9 Å². The number of nitrogens with zero attached hydrogens (tertiary/aromatic N) is 1. The molecule has 9 nitrogen and oxygen atoms in total. The summed E-state index contributed by atoms with van der Waals surface area (Å²) in [5.41, 5.74) is 2.46. The van der Waals surface area contributed by atoms with Gasteiger partial charge in [0, 0.05) is 59.1 Å². The first kappa shape index (κ1) is 34.7. The van der Waals surface area contributed by atoms with Crippen LogP contribution in [-0.4, -0.2) is 59.9 Å². The number of phenols is 1. The van der Waals surface area contributed by atoms with Crippen LogP contribution >= 0.6 is 27.3 Å². The lowest BCUT2D eigenvalue weighted by Gasteiger charge is -2.29. The van der Waals surface area contributed by atoms with E-state index in [2.05, 4.69) is 15.9 Å². The fourth-order valence-corrected chi connectivity index (χ4v) is 7.76. The molecule has 11 heteroatoms. The zero-order valence-electron chi connectivity index (χ0n) is 27.8. The minimum absolute atomic E-state index is 0.0537. The molecule has 1 unspecified atom stereocenters. The molecular formula is C40H36BrNO8S. The number of hydrogen-bond donors (Lipinski definition) is 1. The molecule has 262 valence electrons. The van der Waals surface area contributed by atoms with Crippen LogP contribution in [0.4, 0.5) is 0 Å². The van der Waals surface area contributed by atoms with Gasteiger partial charge in [-0.2, -0.15) is 0 Å². The lowest BCUT2D eigenvalue weighted by atomic mass is 9.92. The number of fused-ring (bicyclic) bond motifs is 2. The molecule has 4 aromatic carbocycles. The lowest BCUT2D eigenvalue weighted by molar-refractivity contribution is -0.133. The van der Waals surface area contributed by atoms with Crippen molar-refractivity contribution in [3.63, 3.8) is 0 Å². The number of benzene rings is 4. The summed E-state index contributed by atoms with van der Waals surface area (Å²) in [5.74, 6) is 2.68. The van der Waals surface area contributed by atoms with E-state index < -0.39 is 6.04 Å². The minimum atomic E-state index is -0.525. The van der Waals surface area contributed by atoms with E-state index in [9.17, 15) is 19.5 Å². The number of phenolic OH excluding ortho intramolecular Hbond substituents is 1. The van der Waals surface area contributed by atoms with Crippen molar-refractivity contribution >= 4 is 54.8 Å². The Balaban J connectivity index is 0.817. The molecule has 1 aliphatic carbocycles. The number of hydrogen-bond acceptors (Lipinski definition) is 9. The van der Waals surface area contributed by atoms with Crippen molar-refractivity contribution in [1.82, 2.24) is 4.90 Å². The van der Waals surface area contributed by atoms with Gasteiger partial charge < -0.3 is 29.0 Å². The van der Waals surface area contributed by atoms with Crippen LogP contribution in [0.2, 0.25) is 0 Å². The smallest absolute Gasteiger partial charge is 0.255 e. The predicted molar refractivity (Wildman–Crippen MR) is 198 cm³/mol. The van der Waals surface area contributed by atoms with Crippen LogP contribution in [0, 0.1) is 0 Å². The van der Waals surface area contributed by atoms with Crippen LogP contribution in [0.15, 0.2) is 89.4 Å². The first-order valence-electron chi connectivity index (χ1n) is 16.9. The highest BCUT2D eigenvalue weighted by molar-refractivity contribution is 9.10. The van der Waals surface area contributed by atoms with E-state index in [0.717, 1.165) is 48.5 Å². The third-order valence-electron chi connectivity index (χ3n) is 8.91. The number of thiophene rings is 1. The molecule has 0 saturated heterocycles. The van der Waals surface area contributed by atoms with Crippen molar-refractivity contribution in [1.29, 1.82) is 0 Å². The number of Topliss-reactive ketones (excluding diaryl/α,β-unsaturated/α-hetero) is 2. The van der Waals surface area contributed by atoms with E-state index in [0.29, 0.717) is 69.3 Å². The van der Waals surface area contributed by atoms with E-state index >= 15 is 0 Å². The third-order valence-corrected chi connectivity index (χ3v) is 10.6. The predicted octanol–water partition coefficient (Wildman–Crippen LogP) is 8.73. The third kappa shape index (κ3) is 8.11. The summed E-state index contributed by atoms with van der Waals surface area (Å²) in [6.07, 6.45) is 2.09. The van der Waals surface area contributed by atoms with Crippen LogP contribution in [0.1, 0.15) is 48.0 Å². The summed E-state index contributed by atoms with van der Waals surface area (Å²) in [7, 11) is 0. The van der Waals surface area contributed by atoms with Gasteiger partial charge in [0.1, 0.15) is 28.8 Å². The summed E-state index contributed by atoms with van der Waals surface area (Å²) >= 11 is 5.08. The average Bonchev–Trinajstić information content (AvgIpc) is 3.64. The Labute approximate surface area is 307 Å². The normalized spacial score (nSPS) is 15.7. The van der Waals surface area contributed by atoms with E-state index in [1.807, 2.05) is 60.7 Å². The van der Waals surface area contributed by atoms with Crippen molar-refractivity contribution in [3.8, 4) is 39.2 Å². The van der Waals surface area contributed by atoms with E-state index in [1.165, 1.54) is 0 Å². The Morgan fingerprint density at radius 2 is 1.51 bits per heavy atom. The van der Waals surface area contributed by atoms with Gasteiger partial charge in [0.05, 0.1) is 30.6 Å². The summed E-state index contributed by atoms with van der Waals surface area (Å²) in [4.78, 5) is 39.5. The van der Waals surface area contributed by atoms with Gasteiger partial charge in [-0.05, 0) is 90.3 Å². The molecule has 2 aliphatic rings. The molecule has 1 aliphatic heterocycles. The fraction of sp³-hybridized carbons (Fsp3) is 0.275. The first-order valence-corrected chi connectivity index (χ1v) is 18.5. The highest BCUT2D eigenvalue weighted by Crippen LogP contribution is 2.47. The fourth-order valence-electron chi connectivity index (χ4n) is 6.33. The maximum Gasteiger partial charge on any atom is 0.255 e. The molecule has 1 aromatic heterocycles. The molecular weight excluding hydrogens is 734 g/mol. The van der Waals surface area contributed by atoms with Crippen LogP contribution in [0.3, 0.4) is 0 Å². The second kappa shape index (κ2) is 15.7. The number of amides is 1. The van der Waals surface area contributed by atoms with Crippen LogP contribution < -0.4 is 14.2 Å². The summed E-state index contributed by atoms with van der Waals surface area (Å²) in [5, 5.41) is 11.0. The molecule has 0 spiro atoms. The molecule has 51 heavy (non-hydrogen) atoms. The number of ketones is 2. The Morgan fingerprint density at radius 1 is 0.804 bits per heavy atom. The molecule has 1 N–H and O–H groups in total. The number of rotatable bonds is 14. The molecule has 1 saturated carbocycles. The molecule has 1 amide bonds. The van der Waals surface area contributed by atoms with Gasteiger partial charge in [-0.15, -0.1) is 11.3 Å². The topological polar surface area (TPSA) is 112 Å². The Bertz CT molecular complexity index is 2060. The number of halogens is 1. The monoisotopic (exact) mass is 769 g/mol. The van der Waals surface area contributed by atoms with Crippen molar-refractivity contribution in [2.45, 2.75) is 44.7 Å². The molecule has 2 heterocycles. The molecule has 1 fully saturated rings. The first-order chi connectivity index (χ1) is 24.8. The average molecular weight is 771 g/mol. The summed E-state index contributed by atoms with van der Waals surface area (Å²) in [6, 6.07) is 25.8. The Hall–Kier alpha value is -4.71. The van der Waals surface area contributed by atoms with Gasteiger partial charge in [0.25, 0.3) is 5.91 Å². The molecule has 5 aromatic rings. The Kier molecular flexibility index (Phi) is 10.7. The highest BCUT2D eigenvalue weighted by Gasteiger charge is 2.39. The summed E-state index contributed by atoms with van der Waals surface area (Å²) < 4.78 is 25.9. The van der Waals surface area contributed by atoms with Gasteiger partial charge in [-0.3, -0.25) is 14.4 Å². The second-order valence-corrected chi connectivity index (χ2v) is 14.5. The van der Waals surface area contributed by atoms with Crippen LogP contribution in [0.25, 0.3) is 20.5 Å². The zero-order chi connectivity index (χ0) is 35.3. The Morgan fingerprint density at radius 3 is 2.25 bits per heavy atom. The maximum absolute atomic E-state index is 12.9. The second-order valence-electron chi connectivity index (χ2n) is 12.5. The number of carbonyl (C=O) groups is 3. The van der Waals surface area contributed by atoms with Crippen molar-refractivity contribution < 1.29 is 38.4 Å². The standard InChI is InChI=1S/C40H36BrNO8S/c41-27-5-3-25(4-6-27)39-38(34-14-7-29(44)23-37(34)51-39)50-31-11-9-30(10-12-31)48-19-1-17-47-18-2-20-49-32-13-15-33-26(21-32)24-42(40(33)46)35-16-8-28(43)22-36(35)45/h3-7,9-15,21,23,35,44H,1-2,8,16-20,22,24H2. The minimum Gasteiger partial charge on any atom is -0.508 e. The highest BCUT2D eigenvalue weighted by atomic mass is 79.9. The largest absolute Gasteiger partial charge is 0.508 e. The van der Waals surface area contributed by atoms with Gasteiger partial charge in [-0.1, -0.05) is 28.1 Å². The molecule has 0 radical (unpaired) electrons. The number of aromatic hydroxyl groups is 1. The zero-order valence-corrected chi connectivity index (χ0v) is 30.2. The SMILES string of the molecule is O=C1CCC(N2Cc3cc(OCCCOCCCOc4ccc(Oc5c(-c6ccc(Br)cc6)sc6cc(O)ccc56)cc4)ccc3C2=O)C(=O)C1. The van der Waals surface area contributed by atoms with Crippen molar-refractivity contribution in [3.05, 3.63) is 101 Å². The van der Waals surface area contributed by atoms with Gasteiger partial charge in [0.15, 0.2) is 11.5 Å². The molecule has 1 atom stereocenters. The van der Waals surface area contributed by atoms with Crippen LogP contribution in [-0.2, 0) is 20.9 Å². The quantitative estimate of drug-likeness (QED) is 0.0882.